The van der Waals surface area contributed by atoms with E-state index in [-0.39, 0.29) is 12.5 Å². The minimum absolute atomic E-state index is 0.0508. The van der Waals surface area contributed by atoms with Crippen LogP contribution in [0.1, 0.15) is 19.4 Å². The molecule has 0 fully saturated rings. The quantitative estimate of drug-likeness (QED) is 0.829. The van der Waals surface area contributed by atoms with Crippen molar-refractivity contribution in [2.45, 2.75) is 19.9 Å². The van der Waals surface area contributed by atoms with Gasteiger partial charge in [0.15, 0.2) is 0 Å². The SMILES string of the molecule is CC(C)[C@@H](N)C(=O)OC1=Cc2ccccc2OC1. The van der Waals surface area contributed by atoms with Gasteiger partial charge in [-0.3, -0.25) is 0 Å². The molecule has 1 aliphatic rings. The van der Waals surface area contributed by atoms with E-state index in [0.29, 0.717) is 5.76 Å². The first-order valence-corrected chi connectivity index (χ1v) is 5.97. The first kappa shape index (κ1) is 12.6. The Labute approximate surface area is 106 Å². The van der Waals surface area contributed by atoms with Gasteiger partial charge < -0.3 is 15.2 Å². The van der Waals surface area contributed by atoms with E-state index in [0.717, 1.165) is 11.3 Å². The van der Waals surface area contributed by atoms with E-state index in [2.05, 4.69) is 0 Å². The fourth-order valence-electron chi connectivity index (χ4n) is 1.62. The molecule has 2 N–H and O–H groups in total. The van der Waals surface area contributed by atoms with Crippen LogP contribution in [0.4, 0.5) is 0 Å². The summed E-state index contributed by atoms with van der Waals surface area (Å²) in [7, 11) is 0. The van der Waals surface area contributed by atoms with Crippen molar-refractivity contribution in [1.82, 2.24) is 0 Å². The van der Waals surface area contributed by atoms with Crippen LogP contribution in [0.25, 0.3) is 6.08 Å². The molecule has 0 unspecified atom stereocenters. The molecule has 2 rings (SSSR count). The zero-order valence-corrected chi connectivity index (χ0v) is 10.6. The molecule has 4 nitrogen and oxygen atoms in total. The van der Waals surface area contributed by atoms with E-state index in [1.165, 1.54) is 0 Å². The molecule has 18 heavy (non-hydrogen) atoms. The van der Waals surface area contributed by atoms with E-state index >= 15 is 0 Å². The summed E-state index contributed by atoms with van der Waals surface area (Å²) in [5.74, 6) is 0.925. The number of fused-ring (bicyclic) bond motifs is 1. The molecular formula is C14H17NO3. The highest BCUT2D eigenvalue weighted by Gasteiger charge is 2.22. The number of benzene rings is 1. The van der Waals surface area contributed by atoms with Crippen molar-refractivity contribution in [2.24, 2.45) is 11.7 Å². The molecule has 4 heteroatoms. The number of hydrogen-bond acceptors (Lipinski definition) is 4. The second-order valence-electron chi connectivity index (χ2n) is 4.63. The average molecular weight is 247 g/mol. The number of esters is 1. The lowest BCUT2D eigenvalue weighted by Gasteiger charge is -2.20. The van der Waals surface area contributed by atoms with Gasteiger partial charge in [-0.15, -0.1) is 0 Å². The van der Waals surface area contributed by atoms with Gasteiger partial charge >= 0.3 is 5.97 Å². The fourth-order valence-corrected chi connectivity index (χ4v) is 1.62. The highest BCUT2D eigenvalue weighted by atomic mass is 16.6. The van der Waals surface area contributed by atoms with Crippen LogP contribution in [0.3, 0.4) is 0 Å². The maximum absolute atomic E-state index is 11.7. The smallest absolute Gasteiger partial charge is 0.328 e. The number of carbonyl (C=O) groups is 1. The number of ether oxygens (including phenoxy) is 2. The van der Waals surface area contributed by atoms with Gasteiger partial charge in [-0.05, 0) is 18.1 Å². The maximum atomic E-state index is 11.7. The number of carbonyl (C=O) groups excluding carboxylic acids is 1. The molecule has 1 aliphatic heterocycles. The van der Waals surface area contributed by atoms with Crippen LogP contribution < -0.4 is 10.5 Å². The number of para-hydroxylation sites is 1. The second kappa shape index (κ2) is 5.23. The van der Waals surface area contributed by atoms with Gasteiger partial charge in [0.1, 0.15) is 24.2 Å². The van der Waals surface area contributed by atoms with Gasteiger partial charge in [-0.2, -0.15) is 0 Å². The van der Waals surface area contributed by atoms with Crippen molar-refractivity contribution in [3.05, 3.63) is 35.6 Å². The Balaban J connectivity index is 2.09. The Morgan fingerprint density at radius 3 is 2.83 bits per heavy atom. The largest absolute Gasteiger partial charge is 0.485 e. The van der Waals surface area contributed by atoms with E-state index in [9.17, 15) is 4.79 Å². The summed E-state index contributed by atoms with van der Waals surface area (Å²) in [6, 6.07) is 6.99. The average Bonchev–Trinajstić information content (AvgIpc) is 2.37. The molecule has 0 amide bonds. The van der Waals surface area contributed by atoms with E-state index in [1.807, 2.05) is 44.2 Å². The highest BCUT2D eigenvalue weighted by molar-refractivity contribution is 5.78. The lowest BCUT2D eigenvalue weighted by atomic mass is 10.1. The summed E-state index contributed by atoms with van der Waals surface area (Å²) in [4.78, 5) is 11.7. The zero-order valence-electron chi connectivity index (χ0n) is 10.6. The summed E-state index contributed by atoms with van der Waals surface area (Å²) >= 11 is 0. The predicted octanol–water partition coefficient (Wildman–Crippen LogP) is 1.95. The zero-order chi connectivity index (χ0) is 13.1. The molecule has 0 aromatic heterocycles. The molecule has 0 radical (unpaired) electrons. The summed E-state index contributed by atoms with van der Waals surface area (Å²) in [6.07, 6.45) is 1.81. The molecule has 1 atom stereocenters. The van der Waals surface area contributed by atoms with E-state index < -0.39 is 12.0 Å². The number of hydrogen-bond donors (Lipinski definition) is 1. The molecule has 1 aromatic rings. The van der Waals surface area contributed by atoms with Crippen LogP contribution >= 0.6 is 0 Å². The summed E-state index contributed by atoms with van der Waals surface area (Å²) < 4.78 is 10.7. The Morgan fingerprint density at radius 2 is 2.11 bits per heavy atom. The molecule has 96 valence electrons. The third-order valence-corrected chi connectivity index (χ3v) is 2.83. The molecule has 0 spiro atoms. The maximum Gasteiger partial charge on any atom is 0.328 e. The van der Waals surface area contributed by atoms with Crippen LogP contribution in [0.2, 0.25) is 0 Å². The highest BCUT2D eigenvalue weighted by Crippen LogP contribution is 2.26. The summed E-state index contributed by atoms with van der Waals surface area (Å²) in [5.41, 5.74) is 6.64. The molecule has 0 saturated carbocycles. The van der Waals surface area contributed by atoms with E-state index in [1.54, 1.807) is 0 Å². The molecular weight excluding hydrogens is 230 g/mol. The minimum atomic E-state index is -0.608. The molecule has 0 bridgehead atoms. The van der Waals surface area contributed by atoms with Gasteiger partial charge in [0.25, 0.3) is 0 Å². The summed E-state index contributed by atoms with van der Waals surface area (Å²) in [6.45, 7) is 4.02. The van der Waals surface area contributed by atoms with E-state index in [4.69, 9.17) is 15.2 Å². The topological polar surface area (TPSA) is 61.6 Å². The Hall–Kier alpha value is -1.81. The lowest BCUT2D eigenvalue weighted by molar-refractivity contribution is -0.142. The van der Waals surface area contributed by atoms with Crippen molar-refractivity contribution < 1.29 is 14.3 Å². The third-order valence-electron chi connectivity index (χ3n) is 2.83. The van der Waals surface area contributed by atoms with Crippen LogP contribution in [0.5, 0.6) is 5.75 Å². The van der Waals surface area contributed by atoms with Gasteiger partial charge in [0.2, 0.25) is 0 Å². The van der Waals surface area contributed by atoms with Gasteiger partial charge in [-0.25, -0.2) is 4.79 Å². The standard InChI is InChI=1S/C14H17NO3/c1-9(2)13(15)14(16)18-11-7-10-5-3-4-6-12(10)17-8-11/h3-7,9,13H,8,15H2,1-2H3/t13-/m1/s1. The van der Waals surface area contributed by atoms with Crippen LogP contribution in [0.15, 0.2) is 30.0 Å². The monoisotopic (exact) mass is 247 g/mol. The van der Waals surface area contributed by atoms with Crippen LogP contribution in [-0.2, 0) is 9.53 Å². The second-order valence-corrected chi connectivity index (χ2v) is 4.63. The molecule has 1 aromatic carbocycles. The van der Waals surface area contributed by atoms with Crippen molar-refractivity contribution >= 4 is 12.0 Å². The number of nitrogens with two attached hydrogens (primary N) is 1. The van der Waals surface area contributed by atoms with Crippen molar-refractivity contribution in [2.75, 3.05) is 6.61 Å². The minimum Gasteiger partial charge on any atom is -0.485 e. The predicted molar refractivity (Wildman–Crippen MR) is 68.8 cm³/mol. The third kappa shape index (κ3) is 2.71. The first-order chi connectivity index (χ1) is 8.58. The van der Waals surface area contributed by atoms with Crippen molar-refractivity contribution in [3.63, 3.8) is 0 Å². The Bertz CT molecular complexity index is 480. The summed E-state index contributed by atoms with van der Waals surface area (Å²) in [5, 5.41) is 0. The molecule has 1 heterocycles. The van der Waals surface area contributed by atoms with Gasteiger partial charge in [-0.1, -0.05) is 32.0 Å². The Kier molecular flexibility index (Phi) is 3.67. The molecule has 0 aliphatic carbocycles. The van der Waals surface area contributed by atoms with Gasteiger partial charge in [0, 0.05) is 5.56 Å². The fraction of sp³-hybridized carbons (Fsp3) is 0.357. The Morgan fingerprint density at radius 1 is 1.39 bits per heavy atom. The lowest BCUT2D eigenvalue weighted by Crippen LogP contribution is -2.37. The number of rotatable bonds is 3. The van der Waals surface area contributed by atoms with Gasteiger partial charge in [0.05, 0.1) is 0 Å². The normalized spacial score (nSPS) is 15.4. The van der Waals surface area contributed by atoms with Crippen molar-refractivity contribution in [3.8, 4) is 5.75 Å². The first-order valence-electron chi connectivity index (χ1n) is 5.97. The van der Waals surface area contributed by atoms with Crippen LogP contribution in [0, 0.1) is 5.92 Å². The van der Waals surface area contributed by atoms with Crippen molar-refractivity contribution in [1.29, 1.82) is 0 Å². The van der Waals surface area contributed by atoms with Crippen LogP contribution in [-0.4, -0.2) is 18.6 Å². The molecule has 0 saturated heterocycles.